The normalized spacial score (nSPS) is 16.1. The summed E-state index contributed by atoms with van der Waals surface area (Å²) in [4.78, 5) is 86.5. The van der Waals surface area contributed by atoms with Crippen molar-refractivity contribution in [2.24, 2.45) is 0 Å². The number of aromatic nitrogens is 10. The third-order valence-corrected chi connectivity index (χ3v) is 19.6. The molecule has 103 heavy (non-hydrogen) atoms. The summed E-state index contributed by atoms with van der Waals surface area (Å²) in [7, 11) is 0. The van der Waals surface area contributed by atoms with Gasteiger partial charge in [-0.05, 0) is 113 Å². The summed E-state index contributed by atoms with van der Waals surface area (Å²) in [6, 6.07) is 53.2. The zero-order chi connectivity index (χ0) is 69.4. The van der Waals surface area contributed by atoms with Gasteiger partial charge in [0.05, 0.1) is 5.69 Å². The molecule has 0 N–H and O–H groups in total. The molecule has 1 saturated carbocycles. The summed E-state index contributed by atoms with van der Waals surface area (Å²) in [5.74, 6) is 1.00. The van der Waals surface area contributed by atoms with Gasteiger partial charge in [0.15, 0.2) is 27.8 Å². The van der Waals surface area contributed by atoms with Gasteiger partial charge in [-0.15, -0.1) is 78.9 Å². The largest absolute Gasteiger partial charge is 0.389 e. The van der Waals surface area contributed by atoms with Gasteiger partial charge in [0.1, 0.15) is 0 Å². The van der Waals surface area contributed by atoms with Crippen LogP contribution in [0.25, 0.3) is 61.6 Å². The number of fused-ring (bicyclic) bond motifs is 12. The zero-order valence-electron chi connectivity index (χ0n) is 59.5. The van der Waals surface area contributed by atoms with Crippen molar-refractivity contribution in [1.29, 1.82) is 0 Å². The number of rotatable bonds is 3. The molecule has 10 heterocycles. The van der Waals surface area contributed by atoms with E-state index >= 15 is 0 Å². The van der Waals surface area contributed by atoms with Crippen molar-refractivity contribution >= 4 is 28.1 Å². The Morgan fingerprint density at radius 3 is 1.35 bits per heavy atom. The van der Waals surface area contributed by atoms with Crippen LogP contribution in [0.15, 0.2) is 194 Å². The average molecular weight is 2260 g/mol. The van der Waals surface area contributed by atoms with E-state index in [4.69, 9.17) is 15.0 Å². The quantitative estimate of drug-likeness (QED) is 0.155. The number of pyridine rings is 5. The van der Waals surface area contributed by atoms with Crippen LogP contribution in [0.2, 0.25) is 0 Å². The molecule has 2 unspecified atom stereocenters. The van der Waals surface area contributed by atoms with Crippen molar-refractivity contribution in [2.75, 3.05) is 0 Å². The number of hydrogen-bond acceptors (Lipinski definition) is 10. The molecule has 0 saturated heterocycles. The first-order valence-corrected chi connectivity index (χ1v) is 33.5. The molecule has 0 spiro atoms. The Morgan fingerprint density at radius 1 is 0.427 bits per heavy atom. The van der Waals surface area contributed by atoms with E-state index in [1.165, 1.54) is 24.0 Å². The first-order chi connectivity index (χ1) is 46.6. The van der Waals surface area contributed by atoms with E-state index in [-0.39, 0.29) is 155 Å². The van der Waals surface area contributed by atoms with Gasteiger partial charge in [-0.25, -0.2) is 0 Å². The molecule has 15 nitrogen and oxygen atoms in total. The van der Waals surface area contributed by atoms with Crippen LogP contribution in [-0.2, 0) is 128 Å². The van der Waals surface area contributed by atoms with E-state index in [9.17, 15) is 24.0 Å². The van der Waals surface area contributed by atoms with Crippen LogP contribution < -0.4 is 27.8 Å². The van der Waals surface area contributed by atoms with E-state index in [0.717, 1.165) is 104 Å². The molecule has 2 bridgehead atoms. The maximum Gasteiger partial charge on any atom is 0.181 e. The van der Waals surface area contributed by atoms with Crippen molar-refractivity contribution in [3.63, 3.8) is 0 Å². The Kier molecular flexibility index (Phi) is 25.1. The molecular formula is C83H79Ir5N10O5-5. The van der Waals surface area contributed by atoms with Crippen molar-refractivity contribution in [2.45, 2.75) is 161 Å². The second-order valence-corrected chi connectivity index (χ2v) is 29.9. The molecule has 4 aliphatic rings. The van der Waals surface area contributed by atoms with Gasteiger partial charge in [0.2, 0.25) is 0 Å². The van der Waals surface area contributed by atoms with Gasteiger partial charge < -0.3 is 51.0 Å². The molecule has 17 rings (SSSR count). The van der Waals surface area contributed by atoms with Crippen molar-refractivity contribution in [3.8, 4) is 33.5 Å². The topological polar surface area (TPSA) is 172 Å². The molecule has 2 atom stereocenters. The Balaban J connectivity index is 0.000000162. The van der Waals surface area contributed by atoms with Crippen LogP contribution in [0.4, 0.5) is 0 Å². The van der Waals surface area contributed by atoms with E-state index in [0.29, 0.717) is 45.6 Å². The molecule has 10 aromatic heterocycles. The minimum atomic E-state index is -0.117. The Hall–Kier alpha value is -7.29. The van der Waals surface area contributed by atoms with Gasteiger partial charge >= 0.3 is 0 Å². The molecular weight excluding hydrogens is 2180 g/mol. The van der Waals surface area contributed by atoms with Crippen LogP contribution in [0.3, 0.4) is 0 Å². The number of benzene rings is 3. The van der Waals surface area contributed by atoms with Crippen LogP contribution in [0.5, 0.6) is 0 Å². The molecule has 0 aliphatic heterocycles. The number of nitrogens with zero attached hydrogens (tertiary/aromatic N) is 10. The van der Waals surface area contributed by atoms with E-state index in [2.05, 4.69) is 117 Å². The fourth-order valence-corrected chi connectivity index (χ4v) is 15.6. The van der Waals surface area contributed by atoms with Gasteiger partial charge in [-0.3, -0.25) is 19.9 Å². The predicted octanol–water partition coefficient (Wildman–Crippen LogP) is 14.7. The Bertz CT molecular complexity index is 5480. The molecule has 4 aliphatic carbocycles. The van der Waals surface area contributed by atoms with Crippen molar-refractivity contribution < 1.29 is 101 Å². The first-order valence-electron chi connectivity index (χ1n) is 33.5. The molecule has 13 aromatic rings. The standard InChI is InChI=1S/C20H13N2O.C20H21N2O.2C15H17N2O.C13H11N2O.5Ir/c23-20-18(15-9-3-1-4-10-15)19(16-11-5-2-6-12-16)21-17-13-7-8-14-22(17)20;1-13-7-6-8-14(2)18(13)16-10-9-15-11-17(20(3,4)5)21-12-22(15)19(16)23;2*1-14(2)9-15(3,4)12-11(14)13(18)17-8-6-5-7-10(17)16-12;16-13-11-8-4-5-9(7-8)12(11)14-10-3-1-2-6-15(10)13;;;;;/h1-13H;6-11H,1-5H3;2*5-7H,9H2,1-4H3;1-3,8-9H,4-5,7H2;;;;;/q5*-1;;;;;. The van der Waals surface area contributed by atoms with Gasteiger partial charge in [-0.2, -0.15) is 0 Å². The first kappa shape index (κ1) is 81.4. The monoisotopic (exact) mass is 2260 g/mol. The van der Waals surface area contributed by atoms with Crippen molar-refractivity contribution in [3.05, 3.63) is 303 Å². The fourth-order valence-electron chi connectivity index (χ4n) is 15.6. The van der Waals surface area contributed by atoms with Gasteiger partial charge in [0.25, 0.3) is 0 Å². The minimum absolute atomic E-state index is 0. The van der Waals surface area contributed by atoms with Gasteiger partial charge in [-0.1, -0.05) is 192 Å². The summed E-state index contributed by atoms with van der Waals surface area (Å²) in [6.45, 7) is 27.5. The minimum Gasteiger partial charge on any atom is -0.389 e. The average Bonchev–Trinajstić information content (AvgIpc) is 1.60. The molecule has 1 fully saturated rings. The maximum atomic E-state index is 13.0. The maximum absolute atomic E-state index is 13.0. The number of hydrogen-bond donors (Lipinski definition) is 0. The molecule has 20 heteroatoms. The summed E-state index contributed by atoms with van der Waals surface area (Å²) in [6.07, 6.45) is 20.1. The second kappa shape index (κ2) is 31.8. The third-order valence-electron chi connectivity index (χ3n) is 19.6. The van der Waals surface area contributed by atoms with Crippen LogP contribution >= 0.6 is 0 Å². The van der Waals surface area contributed by atoms with Crippen LogP contribution in [-0.4, -0.2) is 46.9 Å². The predicted molar refractivity (Wildman–Crippen MR) is 387 cm³/mol. The fraction of sp³-hybridized carbons (Fsp3) is 0.301. The summed E-state index contributed by atoms with van der Waals surface area (Å²) in [5.41, 5.74) is 16.7. The summed E-state index contributed by atoms with van der Waals surface area (Å²) >= 11 is 0. The van der Waals surface area contributed by atoms with Crippen LogP contribution in [0.1, 0.15) is 171 Å². The Morgan fingerprint density at radius 2 is 0.864 bits per heavy atom. The summed E-state index contributed by atoms with van der Waals surface area (Å²) < 4.78 is 7.59. The van der Waals surface area contributed by atoms with Crippen LogP contribution in [0, 0.1) is 45.0 Å². The molecule has 3 aromatic carbocycles. The van der Waals surface area contributed by atoms with E-state index < -0.39 is 0 Å². The third kappa shape index (κ3) is 15.7. The van der Waals surface area contributed by atoms with E-state index in [1.54, 1.807) is 28.7 Å². The van der Waals surface area contributed by atoms with Gasteiger partial charge in [0, 0.05) is 186 Å². The SMILES string of the molecule is CC1(C)CC(C)(C)c2c1nc1ccc[c-]n1c2=O.CC1(C)CC(C)(C)c2c1nc1ccc[c-]n1c2=O.Cc1cccc(C)c1-c1ccc2cc(C(C)(C)C)n[c-]n2c1=O.O=c1c(-c2ccccc2)c(-c2ccccc2)nc2ccc[c-]n12.O=c1c2c(nc3ccc[c-]n13)C1CCC2C1.[Ir].[Ir].[Ir].[Ir].[Ir]. The molecule has 0 amide bonds. The molecule has 5 radical (unpaired) electrons. The smallest absolute Gasteiger partial charge is 0.181 e. The molecule has 541 valence electrons. The Labute approximate surface area is 667 Å². The van der Waals surface area contributed by atoms with Crippen molar-refractivity contribution in [1.82, 2.24) is 46.9 Å². The summed E-state index contributed by atoms with van der Waals surface area (Å²) in [5, 5.41) is 0. The second-order valence-electron chi connectivity index (χ2n) is 29.9. The van der Waals surface area contributed by atoms with E-state index in [1.807, 2.05) is 159 Å². The number of aryl methyl sites for hydroxylation is 2. The zero-order valence-corrected chi connectivity index (χ0v) is 71.5.